The first-order chi connectivity index (χ1) is 12.9. The molecule has 1 amide bonds. The number of aromatic amines is 1. The minimum absolute atomic E-state index is 0.0116. The van der Waals surface area contributed by atoms with Crippen LogP contribution in [0.25, 0.3) is 0 Å². The van der Waals surface area contributed by atoms with E-state index in [0.29, 0.717) is 23.2 Å². The molecule has 0 spiro atoms. The van der Waals surface area contributed by atoms with Crippen molar-refractivity contribution in [3.05, 3.63) is 33.2 Å². The smallest absolute Gasteiger partial charge is 0.266 e. The second-order valence-electron chi connectivity index (χ2n) is 7.87. The minimum atomic E-state index is -0.439. The number of hydrogen-bond donors (Lipinski definition) is 1. The van der Waals surface area contributed by atoms with Gasteiger partial charge in [0.05, 0.1) is 5.56 Å². The fourth-order valence-electron chi connectivity index (χ4n) is 4.21. The van der Waals surface area contributed by atoms with Crippen molar-refractivity contribution in [2.24, 2.45) is 5.92 Å². The summed E-state index contributed by atoms with van der Waals surface area (Å²) < 4.78 is 0. The molecule has 7 heteroatoms. The molecular weight excluding hydrogens is 342 g/mol. The number of nitrogens with zero attached hydrogens (tertiary/aromatic N) is 4. The van der Waals surface area contributed by atoms with E-state index in [9.17, 15) is 9.59 Å². The van der Waals surface area contributed by atoms with Gasteiger partial charge in [-0.25, -0.2) is 0 Å². The van der Waals surface area contributed by atoms with Gasteiger partial charge in [0.2, 0.25) is 0 Å². The molecule has 146 valence electrons. The number of likely N-dealkylation sites (N-methyl/N-ethyl adjacent to an activating group) is 1. The third kappa shape index (κ3) is 4.23. The van der Waals surface area contributed by atoms with Crippen molar-refractivity contribution < 1.29 is 4.79 Å². The van der Waals surface area contributed by atoms with Crippen LogP contribution in [0, 0.1) is 24.2 Å². The number of piperidine rings is 1. The van der Waals surface area contributed by atoms with E-state index < -0.39 is 5.56 Å². The zero-order chi connectivity index (χ0) is 19.6. The Labute approximate surface area is 160 Å². The molecule has 2 aliphatic heterocycles. The van der Waals surface area contributed by atoms with E-state index in [1.54, 1.807) is 6.92 Å². The number of carbonyl (C=O) groups is 1. The summed E-state index contributed by atoms with van der Waals surface area (Å²) >= 11 is 0. The largest absolute Gasteiger partial charge is 0.339 e. The van der Waals surface area contributed by atoms with Gasteiger partial charge in [-0.05, 0) is 45.7 Å². The number of aryl methyl sites for hydroxylation is 1. The van der Waals surface area contributed by atoms with Gasteiger partial charge >= 0.3 is 0 Å². The van der Waals surface area contributed by atoms with Crippen LogP contribution in [-0.2, 0) is 0 Å². The van der Waals surface area contributed by atoms with Crippen molar-refractivity contribution in [1.29, 1.82) is 5.26 Å². The number of piperazine rings is 1. The maximum atomic E-state index is 12.9. The number of aromatic nitrogens is 1. The lowest BCUT2D eigenvalue weighted by Gasteiger charge is -2.42. The number of amides is 1. The topological polar surface area (TPSA) is 83.4 Å². The number of nitriles is 1. The average molecular weight is 371 g/mol. The SMILES string of the molecule is Cc1[nH]c(=O)c(C#N)cc1C(=O)N1CCC([C@H](C)N2CCN(C)CC2)CC1. The highest BCUT2D eigenvalue weighted by Gasteiger charge is 2.31. The van der Waals surface area contributed by atoms with Crippen LogP contribution in [-0.4, -0.2) is 77.9 Å². The summed E-state index contributed by atoms with van der Waals surface area (Å²) in [6.45, 7) is 9.94. The predicted octanol–water partition coefficient (Wildman–Crippen LogP) is 1.04. The molecule has 1 aromatic rings. The van der Waals surface area contributed by atoms with Gasteiger partial charge in [0.25, 0.3) is 11.5 Å². The standard InChI is InChI=1S/C20H29N5O2/c1-14-18(12-17(13-21)19(26)22-14)20(27)25-6-4-16(5-7-25)15(2)24-10-8-23(3)9-11-24/h12,15-16H,4-11H2,1-3H3,(H,22,26)/t15-/m0/s1. The van der Waals surface area contributed by atoms with Crippen LogP contribution in [0.2, 0.25) is 0 Å². The van der Waals surface area contributed by atoms with E-state index in [4.69, 9.17) is 5.26 Å². The first-order valence-electron chi connectivity index (χ1n) is 9.76. The molecule has 1 atom stereocenters. The minimum Gasteiger partial charge on any atom is -0.339 e. The number of rotatable bonds is 3. The van der Waals surface area contributed by atoms with E-state index in [1.807, 2.05) is 11.0 Å². The van der Waals surface area contributed by atoms with Crippen molar-refractivity contribution in [2.75, 3.05) is 46.3 Å². The van der Waals surface area contributed by atoms with Crippen LogP contribution in [0.15, 0.2) is 10.9 Å². The monoisotopic (exact) mass is 371 g/mol. The van der Waals surface area contributed by atoms with Crippen molar-refractivity contribution >= 4 is 5.91 Å². The number of hydrogen-bond acceptors (Lipinski definition) is 5. The van der Waals surface area contributed by atoms with Crippen LogP contribution in [0.3, 0.4) is 0 Å². The third-order valence-electron chi connectivity index (χ3n) is 6.21. The van der Waals surface area contributed by atoms with Gasteiger partial charge in [-0.2, -0.15) is 5.26 Å². The molecule has 27 heavy (non-hydrogen) atoms. The van der Waals surface area contributed by atoms with Crippen LogP contribution >= 0.6 is 0 Å². The Kier molecular flexibility index (Phi) is 5.98. The Morgan fingerprint density at radius 1 is 1.22 bits per heavy atom. The zero-order valence-electron chi connectivity index (χ0n) is 16.5. The summed E-state index contributed by atoms with van der Waals surface area (Å²) in [6.07, 6.45) is 1.99. The molecule has 0 aromatic carbocycles. The molecule has 0 aliphatic carbocycles. The molecule has 2 saturated heterocycles. The second-order valence-corrected chi connectivity index (χ2v) is 7.87. The number of nitrogens with one attached hydrogen (secondary N) is 1. The lowest BCUT2D eigenvalue weighted by molar-refractivity contribution is 0.0499. The molecule has 7 nitrogen and oxygen atoms in total. The molecule has 2 aliphatic rings. The third-order valence-corrected chi connectivity index (χ3v) is 6.21. The maximum absolute atomic E-state index is 12.9. The Morgan fingerprint density at radius 2 is 1.85 bits per heavy atom. The quantitative estimate of drug-likeness (QED) is 0.858. The van der Waals surface area contributed by atoms with E-state index in [2.05, 4.69) is 28.8 Å². The van der Waals surface area contributed by atoms with E-state index in [0.717, 1.165) is 52.1 Å². The first kappa shape index (κ1) is 19.6. The summed E-state index contributed by atoms with van der Waals surface area (Å²) in [5.74, 6) is 0.509. The molecule has 0 unspecified atom stereocenters. The average Bonchev–Trinajstić information content (AvgIpc) is 2.68. The molecule has 1 N–H and O–H groups in total. The second kappa shape index (κ2) is 8.24. The molecule has 0 radical (unpaired) electrons. The molecule has 3 heterocycles. The van der Waals surface area contributed by atoms with E-state index >= 15 is 0 Å². The maximum Gasteiger partial charge on any atom is 0.266 e. The highest BCUT2D eigenvalue weighted by molar-refractivity contribution is 5.95. The normalized spacial score (nSPS) is 21.0. The summed E-state index contributed by atoms with van der Waals surface area (Å²) in [6, 6.07) is 3.82. The van der Waals surface area contributed by atoms with E-state index in [1.165, 1.54) is 6.07 Å². The fraction of sp³-hybridized carbons (Fsp3) is 0.650. The molecule has 2 fully saturated rings. The van der Waals surface area contributed by atoms with Crippen molar-refractivity contribution in [3.8, 4) is 6.07 Å². The fourth-order valence-corrected chi connectivity index (χ4v) is 4.21. The van der Waals surface area contributed by atoms with Crippen LogP contribution < -0.4 is 5.56 Å². The van der Waals surface area contributed by atoms with Gasteiger partial charge < -0.3 is 14.8 Å². The summed E-state index contributed by atoms with van der Waals surface area (Å²) in [5.41, 5.74) is 0.502. The Hall–Kier alpha value is -2.17. The molecule has 0 bridgehead atoms. The van der Waals surface area contributed by atoms with Crippen LogP contribution in [0.1, 0.15) is 41.4 Å². The van der Waals surface area contributed by atoms with Gasteiger partial charge in [-0.15, -0.1) is 0 Å². The Bertz CT molecular complexity index is 781. The van der Waals surface area contributed by atoms with Gasteiger partial charge in [-0.1, -0.05) is 0 Å². The van der Waals surface area contributed by atoms with Gasteiger partial charge in [-0.3, -0.25) is 14.5 Å². The van der Waals surface area contributed by atoms with Crippen LogP contribution in [0.4, 0.5) is 0 Å². The zero-order valence-corrected chi connectivity index (χ0v) is 16.5. The van der Waals surface area contributed by atoms with Crippen molar-refractivity contribution in [1.82, 2.24) is 19.7 Å². The molecule has 1 aromatic heterocycles. The first-order valence-corrected chi connectivity index (χ1v) is 9.76. The van der Waals surface area contributed by atoms with Crippen molar-refractivity contribution in [3.63, 3.8) is 0 Å². The Morgan fingerprint density at radius 3 is 2.44 bits per heavy atom. The summed E-state index contributed by atoms with van der Waals surface area (Å²) in [7, 11) is 2.17. The number of likely N-dealkylation sites (tertiary alicyclic amines) is 1. The van der Waals surface area contributed by atoms with Gasteiger partial charge in [0.1, 0.15) is 11.6 Å². The molecule has 3 rings (SSSR count). The lowest BCUT2D eigenvalue weighted by atomic mass is 9.88. The number of carbonyl (C=O) groups excluding carboxylic acids is 1. The van der Waals surface area contributed by atoms with Gasteiger partial charge in [0, 0.05) is 51.0 Å². The van der Waals surface area contributed by atoms with Crippen molar-refractivity contribution in [2.45, 2.75) is 32.7 Å². The van der Waals surface area contributed by atoms with E-state index in [-0.39, 0.29) is 11.5 Å². The molecular formula is C20H29N5O2. The van der Waals surface area contributed by atoms with Crippen LogP contribution in [0.5, 0.6) is 0 Å². The predicted molar refractivity (Wildman–Crippen MR) is 104 cm³/mol. The number of H-pyrrole nitrogens is 1. The summed E-state index contributed by atoms with van der Waals surface area (Å²) in [5, 5.41) is 9.06. The Balaban J connectivity index is 1.61. The van der Waals surface area contributed by atoms with Gasteiger partial charge in [0.15, 0.2) is 0 Å². The number of pyridine rings is 1. The highest BCUT2D eigenvalue weighted by atomic mass is 16.2. The molecule has 0 saturated carbocycles. The summed E-state index contributed by atoms with van der Waals surface area (Å²) in [4.78, 5) is 34.0. The lowest BCUT2D eigenvalue weighted by Crippen LogP contribution is -2.52. The highest BCUT2D eigenvalue weighted by Crippen LogP contribution is 2.26.